The first-order valence-corrected chi connectivity index (χ1v) is 12.3. The van der Waals surface area contributed by atoms with Crippen molar-refractivity contribution in [2.24, 2.45) is 0 Å². The topological polar surface area (TPSA) is 45.3 Å². The van der Waals surface area contributed by atoms with Crippen LogP contribution in [0.2, 0.25) is 0 Å². The molecule has 0 fully saturated rings. The number of aromatic amines is 1. The fourth-order valence-corrected chi connectivity index (χ4v) is 6.01. The third kappa shape index (κ3) is 3.14. The summed E-state index contributed by atoms with van der Waals surface area (Å²) in [5.74, 6) is 0.979. The third-order valence-electron chi connectivity index (χ3n) is 7.79. The Balaban J connectivity index is 1.43. The molecule has 0 saturated carbocycles. The van der Waals surface area contributed by atoms with Crippen molar-refractivity contribution in [1.82, 2.24) is 9.88 Å². The van der Waals surface area contributed by atoms with Crippen molar-refractivity contribution in [3.63, 3.8) is 0 Å². The van der Waals surface area contributed by atoms with Gasteiger partial charge in [-0.05, 0) is 52.6 Å². The lowest BCUT2D eigenvalue weighted by Crippen LogP contribution is -2.27. The standard InChI is InChI=1S/C31H26N2O2/c1-19(23-11-6-8-20-7-2-3-9-24(20)23)33-18-26-29(32-27-12-5-4-10-25(27)31(26)34)30(33)22-13-14-28-21(17-22)15-16-35-28/h2-14,17,19,30H,15-16,18H2,1H3,(H,32,34)/t19-,30?/m1/s1. The molecule has 3 heterocycles. The van der Waals surface area contributed by atoms with Crippen LogP contribution in [0.15, 0.2) is 89.7 Å². The van der Waals surface area contributed by atoms with Crippen molar-refractivity contribution >= 4 is 21.7 Å². The van der Waals surface area contributed by atoms with E-state index in [1.807, 2.05) is 24.3 Å². The molecular weight excluding hydrogens is 432 g/mol. The van der Waals surface area contributed by atoms with Gasteiger partial charge in [0.05, 0.1) is 12.6 Å². The van der Waals surface area contributed by atoms with Gasteiger partial charge in [0.25, 0.3) is 0 Å². The molecule has 2 aliphatic rings. The lowest BCUT2D eigenvalue weighted by molar-refractivity contribution is 0.180. The Morgan fingerprint density at radius 2 is 1.74 bits per heavy atom. The predicted octanol–water partition coefficient (Wildman–Crippen LogP) is 6.28. The number of H-pyrrole nitrogens is 1. The molecule has 4 aromatic carbocycles. The summed E-state index contributed by atoms with van der Waals surface area (Å²) < 4.78 is 5.78. The van der Waals surface area contributed by atoms with E-state index in [-0.39, 0.29) is 17.5 Å². The fourth-order valence-electron chi connectivity index (χ4n) is 6.01. The SMILES string of the molecule is C[C@H](c1cccc2ccccc12)N1Cc2c([nH]c3ccccc3c2=O)C1c1ccc2c(c1)CCO2. The average Bonchev–Trinajstić information content (AvgIpc) is 3.52. The van der Waals surface area contributed by atoms with Crippen molar-refractivity contribution in [2.45, 2.75) is 32.0 Å². The maximum atomic E-state index is 13.6. The third-order valence-corrected chi connectivity index (χ3v) is 7.79. The molecule has 172 valence electrons. The zero-order chi connectivity index (χ0) is 23.5. The molecule has 2 aliphatic heterocycles. The van der Waals surface area contributed by atoms with Crippen LogP contribution in [0.3, 0.4) is 0 Å². The van der Waals surface area contributed by atoms with E-state index in [2.05, 4.69) is 77.5 Å². The van der Waals surface area contributed by atoms with Crippen LogP contribution in [0, 0.1) is 0 Å². The molecule has 0 amide bonds. The molecule has 0 saturated heterocycles. The molecule has 7 rings (SSSR count). The summed E-state index contributed by atoms with van der Waals surface area (Å²) in [6.45, 7) is 3.61. The molecule has 35 heavy (non-hydrogen) atoms. The molecule has 1 N–H and O–H groups in total. The van der Waals surface area contributed by atoms with Gasteiger partial charge in [0.2, 0.25) is 0 Å². The first-order chi connectivity index (χ1) is 17.2. The monoisotopic (exact) mass is 458 g/mol. The number of benzene rings is 4. The number of ether oxygens (including phenoxy) is 1. The van der Waals surface area contributed by atoms with E-state index in [1.165, 1.54) is 27.5 Å². The number of fused-ring (bicyclic) bond motifs is 4. The zero-order valence-electron chi connectivity index (χ0n) is 19.6. The van der Waals surface area contributed by atoms with E-state index < -0.39 is 0 Å². The van der Waals surface area contributed by atoms with Crippen LogP contribution in [0.4, 0.5) is 0 Å². The van der Waals surface area contributed by atoms with E-state index in [9.17, 15) is 4.79 Å². The highest BCUT2D eigenvalue weighted by Gasteiger charge is 2.38. The molecule has 1 aromatic heterocycles. The van der Waals surface area contributed by atoms with Gasteiger partial charge in [0.15, 0.2) is 5.43 Å². The van der Waals surface area contributed by atoms with Gasteiger partial charge in [-0.15, -0.1) is 0 Å². The Bertz CT molecular complexity index is 1660. The van der Waals surface area contributed by atoms with Gasteiger partial charge in [-0.3, -0.25) is 9.69 Å². The van der Waals surface area contributed by atoms with Gasteiger partial charge >= 0.3 is 0 Å². The number of rotatable bonds is 3. The van der Waals surface area contributed by atoms with Crippen LogP contribution >= 0.6 is 0 Å². The number of nitrogens with one attached hydrogen (secondary N) is 1. The summed E-state index contributed by atoms with van der Waals surface area (Å²) in [6, 6.07) is 29.5. The van der Waals surface area contributed by atoms with Crippen LogP contribution in [0.1, 0.15) is 47.0 Å². The number of pyridine rings is 1. The summed E-state index contributed by atoms with van der Waals surface area (Å²) in [4.78, 5) is 19.8. The number of hydrogen-bond acceptors (Lipinski definition) is 3. The second-order valence-electron chi connectivity index (χ2n) is 9.68. The van der Waals surface area contributed by atoms with E-state index in [1.54, 1.807) is 0 Å². The number of para-hydroxylation sites is 1. The zero-order valence-corrected chi connectivity index (χ0v) is 19.6. The molecule has 0 spiro atoms. The Kier molecular flexibility index (Phi) is 4.58. The predicted molar refractivity (Wildman–Crippen MR) is 140 cm³/mol. The maximum absolute atomic E-state index is 13.6. The van der Waals surface area contributed by atoms with Crippen molar-refractivity contribution in [1.29, 1.82) is 0 Å². The van der Waals surface area contributed by atoms with E-state index in [4.69, 9.17) is 4.74 Å². The first kappa shape index (κ1) is 20.5. The van der Waals surface area contributed by atoms with Crippen molar-refractivity contribution in [3.8, 4) is 5.75 Å². The van der Waals surface area contributed by atoms with E-state index >= 15 is 0 Å². The molecule has 4 heteroatoms. The molecule has 4 nitrogen and oxygen atoms in total. The largest absolute Gasteiger partial charge is 0.493 e. The lowest BCUT2D eigenvalue weighted by Gasteiger charge is -2.32. The van der Waals surface area contributed by atoms with E-state index in [0.717, 1.165) is 40.9 Å². The Labute approximate surface area is 203 Å². The normalized spacial score (nSPS) is 17.9. The van der Waals surface area contributed by atoms with Gasteiger partial charge in [0.1, 0.15) is 5.75 Å². The summed E-state index contributed by atoms with van der Waals surface area (Å²) in [5, 5.41) is 3.25. The molecule has 0 radical (unpaired) electrons. The Morgan fingerprint density at radius 3 is 2.66 bits per heavy atom. The molecule has 0 aliphatic carbocycles. The molecule has 0 bridgehead atoms. The minimum atomic E-state index is -0.0397. The van der Waals surface area contributed by atoms with Gasteiger partial charge in [-0.1, -0.05) is 66.7 Å². The van der Waals surface area contributed by atoms with E-state index in [0.29, 0.717) is 6.54 Å². The van der Waals surface area contributed by atoms with Crippen LogP contribution in [0.25, 0.3) is 21.7 Å². The van der Waals surface area contributed by atoms with Crippen LogP contribution in [0.5, 0.6) is 5.75 Å². The number of hydrogen-bond donors (Lipinski definition) is 1. The van der Waals surface area contributed by atoms with Gasteiger partial charge in [-0.25, -0.2) is 0 Å². The van der Waals surface area contributed by atoms with Crippen molar-refractivity contribution < 1.29 is 4.74 Å². The van der Waals surface area contributed by atoms with Crippen LogP contribution in [-0.4, -0.2) is 16.5 Å². The summed E-state index contributed by atoms with van der Waals surface area (Å²) in [7, 11) is 0. The smallest absolute Gasteiger partial charge is 0.194 e. The van der Waals surface area contributed by atoms with Crippen LogP contribution in [-0.2, 0) is 13.0 Å². The second kappa shape index (κ2) is 7.82. The number of aromatic nitrogens is 1. The minimum absolute atomic E-state index is 0.0397. The lowest BCUT2D eigenvalue weighted by atomic mass is 9.95. The quantitative estimate of drug-likeness (QED) is 0.346. The maximum Gasteiger partial charge on any atom is 0.194 e. The van der Waals surface area contributed by atoms with Crippen molar-refractivity contribution in [2.75, 3.05) is 6.61 Å². The highest BCUT2D eigenvalue weighted by Crippen LogP contribution is 2.44. The second-order valence-corrected chi connectivity index (χ2v) is 9.68. The molecular formula is C31H26N2O2. The summed E-state index contributed by atoms with van der Waals surface area (Å²) in [6.07, 6.45) is 0.926. The van der Waals surface area contributed by atoms with Gasteiger partial charge in [-0.2, -0.15) is 0 Å². The van der Waals surface area contributed by atoms with Crippen LogP contribution < -0.4 is 10.2 Å². The Hall–Kier alpha value is -3.89. The number of nitrogens with zero attached hydrogens (tertiary/aromatic N) is 1. The van der Waals surface area contributed by atoms with Gasteiger partial charge < -0.3 is 9.72 Å². The highest BCUT2D eigenvalue weighted by molar-refractivity contribution is 5.86. The summed E-state index contributed by atoms with van der Waals surface area (Å²) >= 11 is 0. The van der Waals surface area contributed by atoms with Gasteiger partial charge in [0, 0.05) is 41.2 Å². The molecule has 1 unspecified atom stereocenters. The molecule has 2 atom stereocenters. The molecule has 5 aromatic rings. The fraction of sp³-hybridized carbons (Fsp3) is 0.194. The first-order valence-electron chi connectivity index (χ1n) is 12.3. The minimum Gasteiger partial charge on any atom is -0.493 e. The Morgan fingerprint density at radius 1 is 0.943 bits per heavy atom. The van der Waals surface area contributed by atoms with Crippen molar-refractivity contribution in [3.05, 3.63) is 123 Å². The highest BCUT2D eigenvalue weighted by atomic mass is 16.5. The summed E-state index contributed by atoms with van der Waals surface area (Å²) in [5.41, 5.74) is 6.64. The average molecular weight is 459 g/mol.